The maximum absolute atomic E-state index is 12.8. The number of carbonyl (C=O) groups excluding carboxylic acids is 3. The number of halogens is 2. The lowest BCUT2D eigenvalue weighted by molar-refractivity contribution is -0.113. The molecule has 1 aromatic heterocycles. The number of anilines is 2. The lowest BCUT2D eigenvalue weighted by Gasteiger charge is -2.10. The van der Waals surface area contributed by atoms with E-state index in [-0.39, 0.29) is 35.2 Å². The van der Waals surface area contributed by atoms with E-state index in [4.69, 9.17) is 27.9 Å². The zero-order chi connectivity index (χ0) is 26.4. The molecule has 0 aliphatic heterocycles. The molecule has 1 aliphatic carbocycles. The molecule has 0 saturated heterocycles. The minimum atomic E-state index is -0.380. The zero-order valence-corrected chi connectivity index (χ0v) is 23.3. The van der Waals surface area contributed by atoms with Crippen LogP contribution >= 0.6 is 46.3 Å². The third-order valence-electron chi connectivity index (χ3n) is 5.79. The van der Waals surface area contributed by atoms with Crippen molar-refractivity contribution in [2.75, 3.05) is 23.0 Å². The Balaban J connectivity index is 1.41. The average molecular weight is 578 g/mol. The van der Waals surface area contributed by atoms with E-state index in [1.54, 1.807) is 37.3 Å². The monoisotopic (exact) mass is 576 g/mol. The van der Waals surface area contributed by atoms with Gasteiger partial charge in [-0.1, -0.05) is 35.7 Å². The minimum absolute atomic E-state index is 0.144. The summed E-state index contributed by atoms with van der Waals surface area (Å²) >= 11 is 14.9. The lowest BCUT2D eigenvalue weighted by Crippen LogP contribution is -2.17. The van der Waals surface area contributed by atoms with Gasteiger partial charge < -0.3 is 15.4 Å². The molecule has 2 amide bonds. The van der Waals surface area contributed by atoms with Gasteiger partial charge in [-0.3, -0.25) is 9.59 Å². The Bertz CT molecular complexity index is 1330. The van der Waals surface area contributed by atoms with Gasteiger partial charge in [0.2, 0.25) is 5.91 Å². The number of aryl methyl sites for hydroxylation is 1. The van der Waals surface area contributed by atoms with Gasteiger partial charge in [0, 0.05) is 20.5 Å². The molecule has 2 aromatic carbocycles. The molecular formula is C27H26Cl2N2O4S2. The molecule has 1 aliphatic rings. The van der Waals surface area contributed by atoms with Crippen LogP contribution in [-0.2, 0) is 22.4 Å². The first-order chi connectivity index (χ1) is 17.9. The number of hydrogen-bond acceptors (Lipinski definition) is 6. The quantitative estimate of drug-likeness (QED) is 0.165. The molecule has 6 nitrogen and oxygen atoms in total. The summed E-state index contributed by atoms with van der Waals surface area (Å²) < 4.78 is 5.30. The van der Waals surface area contributed by atoms with Crippen molar-refractivity contribution in [3.63, 3.8) is 0 Å². The number of benzene rings is 2. The number of esters is 1. The number of thiophene rings is 1. The van der Waals surface area contributed by atoms with Crippen LogP contribution in [0.1, 0.15) is 57.3 Å². The van der Waals surface area contributed by atoms with Gasteiger partial charge in [-0.05, 0) is 74.6 Å². The van der Waals surface area contributed by atoms with Crippen molar-refractivity contribution in [3.05, 3.63) is 74.1 Å². The second-order valence-electron chi connectivity index (χ2n) is 8.43. The van der Waals surface area contributed by atoms with Gasteiger partial charge in [-0.25, -0.2) is 4.79 Å². The van der Waals surface area contributed by atoms with Crippen LogP contribution in [0.4, 0.5) is 10.7 Å². The fourth-order valence-electron chi connectivity index (χ4n) is 4.10. The van der Waals surface area contributed by atoms with Crippen LogP contribution in [0.3, 0.4) is 0 Å². The van der Waals surface area contributed by atoms with Gasteiger partial charge in [0.25, 0.3) is 5.91 Å². The first-order valence-corrected chi connectivity index (χ1v) is 14.5. The number of rotatable bonds is 8. The molecular weight excluding hydrogens is 551 g/mol. The predicted octanol–water partition coefficient (Wildman–Crippen LogP) is 7.48. The number of amides is 2. The topological polar surface area (TPSA) is 84.5 Å². The number of fused-ring (bicyclic) bond motifs is 1. The van der Waals surface area contributed by atoms with Crippen LogP contribution in [0.5, 0.6) is 0 Å². The van der Waals surface area contributed by atoms with Gasteiger partial charge in [-0.2, -0.15) is 0 Å². The van der Waals surface area contributed by atoms with Gasteiger partial charge >= 0.3 is 5.97 Å². The number of thioether (sulfide) groups is 1. The Hall–Kier alpha value is -2.52. The summed E-state index contributed by atoms with van der Waals surface area (Å²) in [6.07, 6.45) is 4.97. The molecule has 0 unspecified atom stereocenters. The van der Waals surface area contributed by atoms with Crippen molar-refractivity contribution in [1.29, 1.82) is 0 Å². The summed E-state index contributed by atoms with van der Waals surface area (Å²) in [7, 11) is 0. The third-order valence-corrected chi connectivity index (χ3v) is 8.54. The number of ether oxygens (including phenoxy) is 1. The highest BCUT2D eigenvalue weighted by atomic mass is 35.5. The molecule has 3 aromatic rings. The fraction of sp³-hybridized carbons (Fsp3) is 0.296. The lowest BCUT2D eigenvalue weighted by atomic mass is 10.1. The standard InChI is InChI=1S/C27H26Cl2N2O4S2/c1-2-35-27(34)24-20-9-4-3-5-10-22(20)37-26(24)31-23(32)15-36-18-8-6-7-17(14-18)30-25(33)19-12-11-16(28)13-21(19)29/h6-8,11-14H,2-5,9-10,15H2,1H3,(H,30,33)(H,31,32). The maximum Gasteiger partial charge on any atom is 0.341 e. The molecule has 0 fully saturated rings. The first kappa shape index (κ1) is 27.5. The van der Waals surface area contributed by atoms with E-state index < -0.39 is 0 Å². The van der Waals surface area contributed by atoms with Crippen LogP contribution in [0.2, 0.25) is 10.0 Å². The van der Waals surface area contributed by atoms with E-state index in [0.29, 0.717) is 26.8 Å². The number of hydrogen-bond donors (Lipinski definition) is 2. The molecule has 0 spiro atoms. The van der Waals surface area contributed by atoms with Crippen LogP contribution in [0, 0.1) is 0 Å². The van der Waals surface area contributed by atoms with E-state index in [0.717, 1.165) is 47.4 Å². The smallest absolute Gasteiger partial charge is 0.341 e. The molecule has 194 valence electrons. The highest BCUT2D eigenvalue weighted by Gasteiger charge is 2.26. The molecule has 1 heterocycles. The second-order valence-corrected chi connectivity index (χ2v) is 11.4. The van der Waals surface area contributed by atoms with E-state index >= 15 is 0 Å². The van der Waals surface area contributed by atoms with Crippen LogP contribution in [-0.4, -0.2) is 30.1 Å². The van der Waals surface area contributed by atoms with Gasteiger partial charge in [0.05, 0.1) is 28.5 Å². The Morgan fingerprint density at radius 2 is 1.84 bits per heavy atom. The van der Waals surface area contributed by atoms with Crippen molar-refractivity contribution in [2.24, 2.45) is 0 Å². The molecule has 10 heteroatoms. The summed E-state index contributed by atoms with van der Waals surface area (Å²) in [6, 6.07) is 11.9. The highest BCUT2D eigenvalue weighted by Crippen LogP contribution is 2.38. The van der Waals surface area contributed by atoms with Crippen LogP contribution in [0.25, 0.3) is 0 Å². The molecule has 37 heavy (non-hydrogen) atoms. The van der Waals surface area contributed by atoms with Gasteiger partial charge in [-0.15, -0.1) is 23.1 Å². The van der Waals surface area contributed by atoms with E-state index in [2.05, 4.69) is 10.6 Å². The third kappa shape index (κ3) is 7.08. The van der Waals surface area contributed by atoms with Gasteiger partial charge in [0.15, 0.2) is 0 Å². The number of carbonyl (C=O) groups is 3. The molecule has 0 atom stereocenters. The summed E-state index contributed by atoms with van der Waals surface area (Å²) in [4.78, 5) is 40.1. The molecule has 0 saturated carbocycles. The average Bonchev–Trinajstić information content (AvgIpc) is 3.03. The summed E-state index contributed by atoms with van der Waals surface area (Å²) in [5.41, 5.74) is 2.42. The van der Waals surface area contributed by atoms with E-state index in [9.17, 15) is 14.4 Å². The largest absolute Gasteiger partial charge is 0.462 e. The van der Waals surface area contributed by atoms with Crippen molar-refractivity contribution in [2.45, 2.75) is 43.9 Å². The second kappa shape index (κ2) is 12.8. The highest BCUT2D eigenvalue weighted by molar-refractivity contribution is 8.00. The first-order valence-electron chi connectivity index (χ1n) is 12.0. The Labute approximate surface area is 234 Å². The zero-order valence-electron chi connectivity index (χ0n) is 20.2. The molecule has 2 N–H and O–H groups in total. The summed E-state index contributed by atoms with van der Waals surface area (Å²) in [5.74, 6) is -0.806. The normalized spacial score (nSPS) is 12.8. The number of nitrogens with one attached hydrogen (secondary N) is 2. The van der Waals surface area contributed by atoms with Crippen LogP contribution < -0.4 is 10.6 Å². The van der Waals surface area contributed by atoms with Crippen LogP contribution in [0.15, 0.2) is 47.4 Å². The SMILES string of the molecule is CCOC(=O)c1c(NC(=O)CSc2cccc(NC(=O)c3ccc(Cl)cc3Cl)c2)sc2c1CCCCC2. The van der Waals surface area contributed by atoms with Crippen molar-refractivity contribution >= 4 is 74.8 Å². The van der Waals surface area contributed by atoms with Crippen molar-refractivity contribution < 1.29 is 19.1 Å². The molecule has 0 radical (unpaired) electrons. The Morgan fingerprint density at radius 1 is 1.03 bits per heavy atom. The minimum Gasteiger partial charge on any atom is -0.462 e. The Morgan fingerprint density at radius 3 is 2.62 bits per heavy atom. The summed E-state index contributed by atoms with van der Waals surface area (Å²) in [5, 5.41) is 7.04. The molecule has 4 rings (SSSR count). The van der Waals surface area contributed by atoms with E-state index in [1.165, 1.54) is 29.2 Å². The predicted molar refractivity (Wildman–Crippen MR) is 152 cm³/mol. The maximum atomic E-state index is 12.8. The summed E-state index contributed by atoms with van der Waals surface area (Å²) in [6.45, 7) is 2.06. The molecule has 0 bridgehead atoms. The fourth-order valence-corrected chi connectivity index (χ4v) is 6.64. The van der Waals surface area contributed by atoms with E-state index in [1.807, 2.05) is 6.07 Å². The Kier molecular flexibility index (Phi) is 9.54. The van der Waals surface area contributed by atoms with Crippen molar-refractivity contribution in [3.8, 4) is 0 Å². The van der Waals surface area contributed by atoms with Crippen molar-refractivity contribution in [1.82, 2.24) is 0 Å². The van der Waals surface area contributed by atoms with Gasteiger partial charge in [0.1, 0.15) is 5.00 Å².